The van der Waals surface area contributed by atoms with E-state index in [-0.39, 0.29) is 0 Å². The first-order valence-corrected chi connectivity index (χ1v) is 13.2. The Morgan fingerprint density at radius 3 is 2.69 bits per heavy atom. The molecule has 0 aliphatic carbocycles. The van der Waals surface area contributed by atoms with Crippen LogP contribution in [0.4, 0.5) is 0 Å². The van der Waals surface area contributed by atoms with Gasteiger partial charge in [0.2, 0.25) is 5.91 Å². The molecule has 5 rings (SSSR count). The van der Waals surface area contributed by atoms with Gasteiger partial charge in [0.1, 0.15) is 0 Å². The van der Waals surface area contributed by atoms with Crippen molar-refractivity contribution < 1.29 is 4.79 Å². The largest absolute Gasteiger partial charge is 0.354 e. The number of fused-ring (bicyclic) bond motifs is 2. The number of aromatic nitrogens is 4. The summed E-state index contributed by atoms with van der Waals surface area (Å²) in [7, 11) is 0. The van der Waals surface area contributed by atoms with Crippen LogP contribution in [0.1, 0.15) is 82.8 Å². The van der Waals surface area contributed by atoms with Gasteiger partial charge in [-0.3, -0.25) is 9.89 Å². The topological polar surface area (TPSA) is 77.7 Å². The van der Waals surface area contributed by atoms with Crippen LogP contribution < -0.4 is 0 Å². The minimum Gasteiger partial charge on any atom is -0.354 e. The van der Waals surface area contributed by atoms with E-state index in [0.717, 1.165) is 61.1 Å². The van der Waals surface area contributed by atoms with E-state index in [9.17, 15) is 4.79 Å². The number of rotatable bonds is 7. The first-order valence-electron chi connectivity index (χ1n) is 13.2. The second-order valence-electron chi connectivity index (χ2n) is 10.6. The van der Waals surface area contributed by atoms with Gasteiger partial charge in [0, 0.05) is 47.6 Å². The molecule has 2 N–H and O–H groups in total. The summed E-state index contributed by atoms with van der Waals surface area (Å²) in [4.78, 5) is 22.9. The first-order chi connectivity index (χ1) is 17.0. The third-order valence-electron chi connectivity index (χ3n) is 7.93. The van der Waals surface area contributed by atoms with Gasteiger partial charge >= 0.3 is 0 Å². The number of benzene rings is 1. The van der Waals surface area contributed by atoms with Gasteiger partial charge < -0.3 is 9.88 Å². The predicted molar refractivity (Wildman–Crippen MR) is 143 cm³/mol. The number of amides is 1. The smallest absolute Gasteiger partial charge is 0.222 e. The van der Waals surface area contributed by atoms with Crippen LogP contribution in [0.15, 0.2) is 36.7 Å². The van der Waals surface area contributed by atoms with Gasteiger partial charge in [0.05, 0.1) is 11.9 Å². The molecular formula is C29H37N5O. The van der Waals surface area contributed by atoms with E-state index < -0.39 is 0 Å². The highest BCUT2D eigenvalue weighted by atomic mass is 16.2. The molecule has 1 atom stereocenters. The van der Waals surface area contributed by atoms with Gasteiger partial charge in [-0.25, -0.2) is 4.98 Å². The maximum absolute atomic E-state index is 12.7. The molecule has 1 amide bonds. The molecule has 6 nitrogen and oxygen atoms in total. The summed E-state index contributed by atoms with van der Waals surface area (Å²) in [6.45, 7) is 10.7. The van der Waals surface area contributed by atoms with E-state index in [1.165, 1.54) is 22.0 Å². The Kier molecular flexibility index (Phi) is 6.63. The Morgan fingerprint density at radius 1 is 1.14 bits per heavy atom. The first kappa shape index (κ1) is 23.6. The van der Waals surface area contributed by atoms with Crippen molar-refractivity contribution in [2.24, 2.45) is 5.92 Å². The molecular weight excluding hydrogens is 434 g/mol. The molecule has 4 aromatic rings. The van der Waals surface area contributed by atoms with Gasteiger partial charge in [0.25, 0.3) is 0 Å². The highest BCUT2D eigenvalue weighted by Gasteiger charge is 2.25. The number of likely N-dealkylation sites (tertiary alicyclic amines) is 1. The number of nitrogens with zero attached hydrogens (tertiary/aromatic N) is 3. The van der Waals surface area contributed by atoms with Gasteiger partial charge in [-0.1, -0.05) is 40.2 Å². The van der Waals surface area contributed by atoms with Crippen molar-refractivity contribution in [2.75, 3.05) is 13.1 Å². The minimum absolute atomic E-state index is 0.333. The molecule has 0 bridgehead atoms. The summed E-state index contributed by atoms with van der Waals surface area (Å²) in [6.07, 6.45) is 8.61. The predicted octanol–water partition coefficient (Wildman–Crippen LogP) is 6.76. The van der Waals surface area contributed by atoms with Crippen LogP contribution in [-0.4, -0.2) is 44.1 Å². The number of carbonyl (C=O) groups is 1. The normalized spacial score (nSPS) is 16.0. The van der Waals surface area contributed by atoms with E-state index in [4.69, 9.17) is 0 Å². The molecule has 1 aliphatic rings. The molecule has 3 aromatic heterocycles. The molecule has 184 valence electrons. The Bertz CT molecular complexity index is 1330. The number of piperidine rings is 1. The summed E-state index contributed by atoms with van der Waals surface area (Å²) in [5, 5.41) is 9.53. The number of hydrogen-bond acceptors (Lipinski definition) is 3. The molecule has 0 spiro atoms. The summed E-state index contributed by atoms with van der Waals surface area (Å²) in [5.41, 5.74) is 6.99. The van der Waals surface area contributed by atoms with Crippen LogP contribution in [0.5, 0.6) is 0 Å². The second-order valence-corrected chi connectivity index (χ2v) is 10.6. The average Bonchev–Trinajstić information content (AvgIpc) is 3.51. The number of aromatic amines is 2. The summed E-state index contributed by atoms with van der Waals surface area (Å²) in [6, 6.07) is 8.97. The summed E-state index contributed by atoms with van der Waals surface area (Å²) < 4.78 is 0. The molecule has 0 saturated carbocycles. The van der Waals surface area contributed by atoms with Crippen LogP contribution in [0.2, 0.25) is 0 Å². The monoisotopic (exact) mass is 471 g/mol. The third-order valence-corrected chi connectivity index (χ3v) is 7.93. The number of hydrogen-bond donors (Lipinski definition) is 2. The van der Waals surface area contributed by atoms with E-state index in [2.05, 4.69) is 77.0 Å². The standard InChI is InChI=1S/C29H37N5O/c1-5-19(4)6-9-26(35)34-14-11-20(12-15-34)21-7-8-25-23(16-21)27(18(2)3)28(32-25)22-10-13-30-29-24(22)17-31-33-29/h7-8,10,13,16-20,32H,5-6,9,11-12,14-15H2,1-4H3,(H,30,31,33). The molecule has 35 heavy (non-hydrogen) atoms. The van der Waals surface area contributed by atoms with Crippen molar-refractivity contribution in [2.45, 2.75) is 71.6 Å². The Balaban J connectivity index is 1.39. The SMILES string of the molecule is CCC(C)CCC(=O)N1CCC(c2ccc3[nH]c(-c4ccnc5[nH]ncc45)c(C(C)C)c3c2)CC1. The van der Waals surface area contributed by atoms with Crippen molar-refractivity contribution in [3.8, 4) is 11.3 Å². The highest BCUT2D eigenvalue weighted by molar-refractivity contribution is 5.98. The number of H-pyrrole nitrogens is 2. The quantitative estimate of drug-likeness (QED) is 0.312. The summed E-state index contributed by atoms with van der Waals surface area (Å²) in [5.74, 6) is 1.83. The Hall–Kier alpha value is -3.15. The lowest BCUT2D eigenvalue weighted by Gasteiger charge is -2.32. The van der Waals surface area contributed by atoms with Crippen molar-refractivity contribution >= 4 is 27.8 Å². The van der Waals surface area contributed by atoms with E-state index in [1.807, 2.05) is 12.4 Å². The fraction of sp³-hybridized carbons (Fsp3) is 0.483. The van der Waals surface area contributed by atoms with Gasteiger partial charge in [-0.2, -0.15) is 5.10 Å². The molecule has 4 heterocycles. The van der Waals surface area contributed by atoms with Crippen molar-refractivity contribution in [1.82, 2.24) is 25.1 Å². The Morgan fingerprint density at radius 2 is 1.94 bits per heavy atom. The van der Waals surface area contributed by atoms with E-state index in [0.29, 0.717) is 30.1 Å². The van der Waals surface area contributed by atoms with Gasteiger partial charge in [-0.15, -0.1) is 0 Å². The van der Waals surface area contributed by atoms with Crippen LogP contribution in [-0.2, 0) is 4.79 Å². The molecule has 1 aromatic carbocycles. The zero-order valence-corrected chi connectivity index (χ0v) is 21.4. The molecule has 1 saturated heterocycles. The van der Waals surface area contributed by atoms with Crippen molar-refractivity contribution in [3.63, 3.8) is 0 Å². The molecule has 0 radical (unpaired) electrons. The zero-order valence-electron chi connectivity index (χ0n) is 21.4. The zero-order chi connectivity index (χ0) is 24.5. The maximum atomic E-state index is 12.7. The van der Waals surface area contributed by atoms with Crippen molar-refractivity contribution in [1.29, 1.82) is 0 Å². The van der Waals surface area contributed by atoms with Crippen LogP contribution in [0, 0.1) is 5.92 Å². The average molecular weight is 472 g/mol. The van der Waals surface area contributed by atoms with Crippen LogP contribution in [0.3, 0.4) is 0 Å². The minimum atomic E-state index is 0.333. The lowest BCUT2D eigenvalue weighted by atomic mass is 9.87. The van der Waals surface area contributed by atoms with Crippen molar-refractivity contribution in [3.05, 3.63) is 47.8 Å². The van der Waals surface area contributed by atoms with Crippen LogP contribution >= 0.6 is 0 Å². The number of nitrogens with one attached hydrogen (secondary N) is 2. The fourth-order valence-electron chi connectivity index (χ4n) is 5.56. The van der Waals surface area contributed by atoms with Gasteiger partial charge in [0.15, 0.2) is 5.65 Å². The lowest BCUT2D eigenvalue weighted by molar-refractivity contribution is -0.132. The fourth-order valence-corrected chi connectivity index (χ4v) is 5.56. The van der Waals surface area contributed by atoms with E-state index >= 15 is 0 Å². The second kappa shape index (κ2) is 9.84. The van der Waals surface area contributed by atoms with E-state index in [1.54, 1.807) is 0 Å². The third kappa shape index (κ3) is 4.58. The molecule has 1 fully saturated rings. The maximum Gasteiger partial charge on any atom is 0.222 e. The summed E-state index contributed by atoms with van der Waals surface area (Å²) >= 11 is 0. The molecule has 1 aliphatic heterocycles. The van der Waals surface area contributed by atoms with Gasteiger partial charge in [-0.05, 0) is 66.3 Å². The lowest BCUT2D eigenvalue weighted by Crippen LogP contribution is -2.37. The Labute approximate surface area is 207 Å². The number of carbonyl (C=O) groups excluding carboxylic acids is 1. The van der Waals surface area contributed by atoms with Crippen LogP contribution in [0.25, 0.3) is 33.2 Å². The molecule has 6 heteroatoms. The number of pyridine rings is 1. The molecule has 1 unspecified atom stereocenters. The highest BCUT2D eigenvalue weighted by Crippen LogP contribution is 2.39.